The lowest BCUT2D eigenvalue weighted by atomic mass is 10.1. The zero-order chi connectivity index (χ0) is 12.1. The van der Waals surface area contributed by atoms with E-state index in [1.54, 1.807) is 12.1 Å². The summed E-state index contributed by atoms with van der Waals surface area (Å²) in [5.41, 5.74) is 1.67. The molecule has 0 amide bonds. The molecule has 2 rings (SSSR count). The Hall–Kier alpha value is -2.56. The van der Waals surface area contributed by atoms with Gasteiger partial charge in [-0.25, -0.2) is 19.7 Å². The molecule has 5 nitrogen and oxygen atoms in total. The van der Waals surface area contributed by atoms with Crippen LogP contribution in [0.25, 0.3) is 17.5 Å². The van der Waals surface area contributed by atoms with E-state index >= 15 is 0 Å². The molecule has 1 heterocycles. The second kappa shape index (κ2) is 4.98. The van der Waals surface area contributed by atoms with E-state index in [9.17, 15) is 4.79 Å². The van der Waals surface area contributed by atoms with E-state index in [0.717, 1.165) is 17.2 Å². The number of hydrogen-bond acceptors (Lipinski definition) is 4. The molecule has 0 bridgehead atoms. The number of aliphatic carboxylic acids is 1. The summed E-state index contributed by atoms with van der Waals surface area (Å²) in [5.74, 6) is -0.375. The lowest BCUT2D eigenvalue weighted by Crippen LogP contribution is -1.89. The number of carbonyl (C=O) groups is 1. The molecule has 0 unspecified atom stereocenters. The van der Waals surface area contributed by atoms with Crippen LogP contribution in [0, 0.1) is 0 Å². The maximum Gasteiger partial charge on any atom is 0.328 e. The molecule has 0 aliphatic heterocycles. The van der Waals surface area contributed by atoms with Gasteiger partial charge in [0.1, 0.15) is 12.7 Å². The standard InChI is InChI=1S/C12H9N3O2/c16-11(17)6-3-9-1-4-10(5-2-9)12-14-7-13-8-15-12/h1-8H,(H,16,17). The van der Waals surface area contributed by atoms with Crippen LogP contribution in [0.15, 0.2) is 43.0 Å². The molecule has 0 atom stereocenters. The normalized spacial score (nSPS) is 10.6. The lowest BCUT2D eigenvalue weighted by molar-refractivity contribution is -0.131. The molecular weight excluding hydrogens is 218 g/mol. The minimum Gasteiger partial charge on any atom is -0.478 e. The molecule has 0 saturated heterocycles. The molecule has 1 aromatic carbocycles. The van der Waals surface area contributed by atoms with Crippen LogP contribution in [0.3, 0.4) is 0 Å². The zero-order valence-electron chi connectivity index (χ0n) is 8.82. The van der Waals surface area contributed by atoms with Gasteiger partial charge in [-0.05, 0) is 11.6 Å². The second-order valence-corrected chi connectivity index (χ2v) is 3.26. The molecular formula is C12H9N3O2. The fourth-order valence-corrected chi connectivity index (χ4v) is 1.30. The summed E-state index contributed by atoms with van der Waals surface area (Å²) in [5, 5.41) is 8.49. The summed E-state index contributed by atoms with van der Waals surface area (Å²) < 4.78 is 0. The fourth-order valence-electron chi connectivity index (χ4n) is 1.30. The average molecular weight is 227 g/mol. The highest BCUT2D eigenvalue weighted by Crippen LogP contribution is 2.14. The number of carboxylic acids is 1. The molecule has 1 aromatic heterocycles. The van der Waals surface area contributed by atoms with Gasteiger partial charge in [0.05, 0.1) is 0 Å². The first-order chi connectivity index (χ1) is 8.25. The van der Waals surface area contributed by atoms with E-state index in [1.165, 1.54) is 18.7 Å². The van der Waals surface area contributed by atoms with Crippen LogP contribution in [0.4, 0.5) is 0 Å². The zero-order valence-corrected chi connectivity index (χ0v) is 8.82. The minimum atomic E-state index is -0.966. The molecule has 17 heavy (non-hydrogen) atoms. The SMILES string of the molecule is O=C(O)C=Cc1ccc(-c2ncncn2)cc1. The molecule has 0 spiro atoms. The van der Waals surface area contributed by atoms with Gasteiger partial charge in [-0.1, -0.05) is 24.3 Å². The van der Waals surface area contributed by atoms with Crippen molar-refractivity contribution in [1.29, 1.82) is 0 Å². The Labute approximate surface area is 97.5 Å². The summed E-state index contributed by atoms with van der Waals surface area (Å²) in [6.07, 6.45) is 5.48. The van der Waals surface area contributed by atoms with Gasteiger partial charge in [0.2, 0.25) is 0 Å². The minimum absolute atomic E-state index is 0.591. The first-order valence-corrected chi connectivity index (χ1v) is 4.89. The largest absolute Gasteiger partial charge is 0.478 e. The topological polar surface area (TPSA) is 76.0 Å². The Kier molecular flexibility index (Phi) is 3.20. The van der Waals surface area contributed by atoms with Crippen LogP contribution in [-0.2, 0) is 4.79 Å². The van der Waals surface area contributed by atoms with E-state index in [1.807, 2.05) is 12.1 Å². The summed E-state index contributed by atoms with van der Waals surface area (Å²) in [6, 6.07) is 7.27. The average Bonchev–Trinajstić information content (AvgIpc) is 2.38. The van der Waals surface area contributed by atoms with E-state index in [0.29, 0.717) is 5.82 Å². The molecule has 0 aliphatic rings. The van der Waals surface area contributed by atoms with E-state index in [2.05, 4.69) is 15.0 Å². The van der Waals surface area contributed by atoms with Gasteiger partial charge in [-0.15, -0.1) is 0 Å². The van der Waals surface area contributed by atoms with Gasteiger partial charge >= 0.3 is 5.97 Å². The summed E-state index contributed by atoms with van der Waals surface area (Å²) >= 11 is 0. The predicted molar refractivity (Wildman–Crippen MR) is 61.9 cm³/mol. The second-order valence-electron chi connectivity index (χ2n) is 3.26. The first-order valence-electron chi connectivity index (χ1n) is 4.89. The van der Waals surface area contributed by atoms with Crippen LogP contribution in [0.2, 0.25) is 0 Å². The van der Waals surface area contributed by atoms with E-state index in [-0.39, 0.29) is 0 Å². The summed E-state index contributed by atoms with van der Waals surface area (Å²) in [4.78, 5) is 22.1. The van der Waals surface area contributed by atoms with Crippen molar-refractivity contribution in [2.45, 2.75) is 0 Å². The van der Waals surface area contributed by atoms with Crippen LogP contribution in [0.1, 0.15) is 5.56 Å². The van der Waals surface area contributed by atoms with Gasteiger partial charge in [-0.3, -0.25) is 0 Å². The van der Waals surface area contributed by atoms with Crippen molar-refractivity contribution in [2.24, 2.45) is 0 Å². The Morgan fingerprint density at radius 2 is 1.76 bits per heavy atom. The maximum absolute atomic E-state index is 10.3. The van der Waals surface area contributed by atoms with Crippen molar-refractivity contribution < 1.29 is 9.90 Å². The summed E-state index contributed by atoms with van der Waals surface area (Å²) in [7, 11) is 0. The van der Waals surface area contributed by atoms with Gasteiger partial charge in [-0.2, -0.15) is 0 Å². The predicted octanol–water partition coefficient (Wildman–Crippen LogP) is 1.64. The third kappa shape index (κ3) is 2.94. The Balaban J connectivity index is 2.22. The highest BCUT2D eigenvalue weighted by atomic mass is 16.4. The number of benzene rings is 1. The molecule has 1 N–H and O–H groups in total. The molecule has 0 aliphatic carbocycles. The number of nitrogens with zero attached hydrogens (tertiary/aromatic N) is 3. The highest BCUT2D eigenvalue weighted by molar-refractivity contribution is 5.85. The van der Waals surface area contributed by atoms with Crippen molar-refractivity contribution in [2.75, 3.05) is 0 Å². The van der Waals surface area contributed by atoms with Gasteiger partial charge < -0.3 is 5.11 Å². The number of hydrogen-bond donors (Lipinski definition) is 1. The van der Waals surface area contributed by atoms with Gasteiger partial charge in [0.25, 0.3) is 0 Å². The van der Waals surface area contributed by atoms with Crippen molar-refractivity contribution in [3.05, 3.63) is 48.6 Å². The number of carboxylic acid groups (broad SMARTS) is 1. The molecule has 0 fully saturated rings. The third-order valence-electron chi connectivity index (χ3n) is 2.08. The Bertz CT molecular complexity index is 535. The molecule has 0 saturated carbocycles. The third-order valence-corrected chi connectivity index (χ3v) is 2.08. The van der Waals surface area contributed by atoms with Crippen LogP contribution in [-0.4, -0.2) is 26.0 Å². The highest BCUT2D eigenvalue weighted by Gasteiger charge is 1.99. The van der Waals surface area contributed by atoms with E-state index < -0.39 is 5.97 Å². The lowest BCUT2D eigenvalue weighted by Gasteiger charge is -1.99. The Morgan fingerprint density at radius 3 is 2.35 bits per heavy atom. The summed E-state index contributed by atoms with van der Waals surface area (Å²) in [6.45, 7) is 0. The van der Waals surface area contributed by atoms with Gasteiger partial charge in [0, 0.05) is 11.6 Å². The number of rotatable bonds is 3. The number of aromatic nitrogens is 3. The van der Waals surface area contributed by atoms with Crippen molar-refractivity contribution in [3.63, 3.8) is 0 Å². The van der Waals surface area contributed by atoms with Crippen LogP contribution < -0.4 is 0 Å². The van der Waals surface area contributed by atoms with Crippen LogP contribution >= 0.6 is 0 Å². The molecule has 2 aromatic rings. The Morgan fingerprint density at radius 1 is 1.12 bits per heavy atom. The fraction of sp³-hybridized carbons (Fsp3) is 0. The molecule has 0 radical (unpaired) electrons. The van der Waals surface area contributed by atoms with E-state index in [4.69, 9.17) is 5.11 Å². The quantitative estimate of drug-likeness (QED) is 0.806. The smallest absolute Gasteiger partial charge is 0.328 e. The van der Waals surface area contributed by atoms with Crippen molar-refractivity contribution >= 4 is 12.0 Å². The molecule has 84 valence electrons. The molecule has 5 heteroatoms. The van der Waals surface area contributed by atoms with Crippen molar-refractivity contribution in [1.82, 2.24) is 15.0 Å². The monoisotopic (exact) mass is 227 g/mol. The van der Waals surface area contributed by atoms with Gasteiger partial charge in [0.15, 0.2) is 5.82 Å². The maximum atomic E-state index is 10.3. The van der Waals surface area contributed by atoms with Crippen molar-refractivity contribution in [3.8, 4) is 11.4 Å². The first kappa shape index (κ1) is 10.9. The van der Waals surface area contributed by atoms with Crippen LogP contribution in [0.5, 0.6) is 0 Å².